The van der Waals surface area contributed by atoms with Gasteiger partial charge in [-0.3, -0.25) is 0 Å². The van der Waals surface area contributed by atoms with Crippen molar-refractivity contribution in [2.45, 2.75) is 13.3 Å². The van der Waals surface area contributed by atoms with Crippen molar-refractivity contribution in [1.82, 2.24) is 4.90 Å². The van der Waals surface area contributed by atoms with Crippen LogP contribution in [0.3, 0.4) is 0 Å². The van der Waals surface area contributed by atoms with E-state index in [1.807, 2.05) is 12.1 Å². The minimum atomic E-state index is -0.191. The Morgan fingerprint density at radius 3 is 2.13 bits per heavy atom. The minimum absolute atomic E-state index is 0.191. The number of halogens is 1. The van der Waals surface area contributed by atoms with Crippen molar-refractivity contribution in [1.29, 1.82) is 0 Å². The van der Waals surface area contributed by atoms with Crippen LogP contribution in [0.1, 0.15) is 18.1 Å². The summed E-state index contributed by atoms with van der Waals surface area (Å²) in [6, 6.07) is 15.2. The standard InChI is InChI=1S/C19H21FN2S/c1-2-15-3-5-16(6-4-15)19(23)22-13-11-21(12-14-22)18-9-7-17(20)8-10-18/h3-10H,2,11-14H2,1H3. The molecule has 4 heteroatoms. The molecular formula is C19H21FN2S. The van der Waals surface area contributed by atoms with E-state index in [0.29, 0.717) is 0 Å². The summed E-state index contributed by atoms with van der Waals surface area (Å²) in [4.78, 5) is 5.46. The highest BCUT2D eigenvalue weighted by Crippen LogP contribution is 2.18. The SMILES string of the molecule is CCc1ccc(C(=S)N2CCN(c3ccc(F)cc3)CC2)cc1. The van der Waals surface area contributed by atoms with Gasteiger partial charge >= 0.3 is 0 Å². The first-order valence-corrected chi connectivity index (χ1v) is 8.47. The van der Waals surface area contributed by atoms with E-state index in [4.69, 9.17) is 12.2 Å². The van der Waals surface area contributed by atoms with Gasteiger partial charge in [0.15, 0.2) is 0 Å². The molecule has 1 fully saturated rings. The van der Waals surface area contributed by atoms with Gasteiger partial charge in [-0.05, 0) is 36.2 Å². The molecule has 2 aromatic carbocycles. The third-order valence-electron chi connectivity index (χ3n) is 4.37. The largest absolute Gasteiger partial charge is 0.368 e. The third-order valence-corrected chi connectivity index (χ3v) is 4.86. The molecule has 0 bridgehead atoms. The molecule has 2 nitrogen and oxygen atoms in total. The van der Waals surface area contributed by atoms with Crippen LogP contribution in [0.5, 0.6) is 0 Å². The first kappa shape index (κ1) is 15.9. The van der Waals surface area contributed by atoms with Crippen LogP contribution in [-0.4, -0.2) is 36.1 Å². The lowest BCUT2D eigenvalue weighted by Crippen LogP contribution is -2.48. The molecule has 0 N–H and O–H groups in total. The second-order valence-corrected chi connectivity index (χ2v) is 6.19. The lowest BCUT2D eigenvalue weighted by atomic mass is 10.1. The lowest BCUT2D eigenvalue weighted by Gasteiger charge is -2.37. The summed E-state index contributed by atoms with van der Waals surface area (Å²) in [5.74, 6) is -0.191. The van der Waals surface area contributed by atoms with E-state index in [9.17, 15) is 4.39 Å². The topological polar surface area (TPSA) is 6.48 Å². The van der Waals surface area contributed by atoms with E-state index in [2.05, 4.69) is 41.0 Å². The second-order valence-electron chi connectivity index (χ2n) is 5.81. The van der Waals surface area contributed by atoms with Crippen molar-refractivity contribution in [2.75, 3.05) is 31.1 Å². The van der Waals surface area contributed by atoms with Crippen LogP contribution in [0.2, 0.25) is 0 Å². The van der Waals surface area contributed by atoms with Gasteiger partial charge in [0.25, 0.3) is 0 Å². The fraction of sp³-hybridized carbons (Fsp3) is 0.316. The fourth-order valence-corrected chi connectivity index (χ4v) is 3.20. The number of piperazine rings is 1. The number of thiocarbonyl (C=S) groups is 1. The fourth-order valence-electron chi connectivity index (χ4n) is 2.89. The summed E-state index contributed by atoms with van der Waals surface area (Å²) in [6.07, 6.45) is 1.05. The number of rotatable bonds is 3. The van der Waals surface area contributed by atoms with Gasteiger partial charge in [-0.15, -0.1) is 0 Å². The molecule has 23 heavy (non-hydrogen) atoms. The summed E-state index contributed by atoms with van der Waals surface area (Å²) >= 11 is 5.65. The molecule has 1 aliphatic rings. The van der Waals surface area contributed by atoms with Crippen molar-refractivity contribution >= 4 is 22.9 Å². The molecule has 0 aliphatic carbocycles. The van der Waals surface area contributed by atoms with Gasteiger partial charge < -0.3 is 9.80 Å². The summed E-state index contributed by atoms with van der Waals surface area (Å²) in [6.45, 7) is 5.75. The maximum absolute atomic E-state index is 13.0. The Bertz CT molecular complexity index is 659. The highest BCUT2D eigenvalue weighted by Gasteiger charge is 2.19. The first-order chi connectivity index (χ1) is 11.2. The average molecular weight is 328 g/mol. The summed E-state index contributed by atoms with van der Waals surface area (Å²) in [7, 11) is 0. The number of aryl methyl sites for hydroxylation is 1. The third kappa shape index (κ3) is 3.70. The van der Waals surface area contributed by atoms with E-state index >= 15 is 0 Å². The summed E-state index contributed by atoms with van der Waals surface area (Å²) < 4.78 is 13.0. The number of benzene rings is 2. The molecule has 0 spiro atoms. The van der Waals surface area contributed by atoms with E-state index in [-0.39, 0.29) is 5.82 Å². The Labute approximate surface area is 142 Å². The molecule has 0 atom stereocenters. The van der Waals surface area contributed by atoms with Crippen molar-refractivity contribution < 1.29 is 4.39 Å². The van der Waals surface area contributed by atoms with Gasteiger partial charge in [-0.25, -0.2) is 4.39 Å². The normalized spacial score (nSPS) is 14.9. The minimum Gasteiger partial charge on any atom is -0.368 e. The molecule has 0 unspecified atom stereocenters. The highest BCUT2D eigenvalue weighted by molar-refractivity contribution is 7.80. The van der Waals surface area contributed by atoms with E-state index in [1.165, 1.54) is 17.7 Å². The molecule has 3 rings (SSSR count). The maximum atomic E-state index is 13.0. The van der Waals surface area contributed by atoms with Gasteiger partial charge in [-0.1, -0.05) is 43.4 Å². The van der Waals surface area contributed by atoms with Crippen LogP contribution < -0.4 is 4.90 Å². The second kappa shape index (κ2) is 7.09. The Morgan fingerprint density at radius 2 is 1.57 bits per heavy atom. The lowest BCUT2D eigenvalue weighted by molar-refractivity contribution is 0.392. The van der Waals surface area contributed by atoms with Gasteiger partial charge in [-0.2, -0.15) is 0 Å². The molecule has 2 aromatic rings. The molecule has 1 saturated heterocycles. The molecule has 0 radical (unpaired) electrons. The Morgan fingerprint density at radius 1 is 0.957 bits per heavy atom. The van der Waals surface area contributed by atoms with Gasteiger partial charge in [0.05, 0.1) is 0 Å². The van der Waals surface area contributed by atoms with Gasteiger partial charge in [0.2, 0.25) is 0 Å². The Balaban J connectivity index is 1.61. The average Bonchev–Trinajstić information content (AvgIpc) is 2.62. The van der Waals surface area contributed by atoms with Crippen LogP contribution in [0.15, 0.2) is 48.5 Å². The van der Waals surface area contributed by atoms with Gasteiger partial charge in [0.1, 0.15) is 10.8 Å². The predicted molar refractivity (Wildman–Crippen MR) is 97.7 cm³/mol. The predicted octanol–water partition coefficient (Wildman–Crippen LogP) is 3.89. The van der Waals surface area contributed by atoms with Crippen molar-refractivity contribution in [3.05, 3.63) is 65.5 Å². The summed E-state index contributed by atoms with van der Waals surface area (Å²) in [5, 5.41) is 0. The molecule has 0 saturated carbocycles. The highest BCUT2D eigenvalue weighted by atomic mass is 32.1. The Kier molecular flexibility index (Phi) is 4.91. The molecular weight excluding hydrogens is 307 g/mol. The molecule has 0 aromatic heterocycles. The van der Waals surface area contributed by atoms with Crippen molar-refractivity contribution in [3.8, 4) is 0 Å². The van der Waals surface area contributed by atoms with Crippen LogP contribution in [0.25, 0.3) is 0 Å². The number of anilines is 1. The summed E-state index contributed by atoms with van der Waals surface area (Å²) in [5.41, 5.74) is 3.52. The Hall–Kier alpha value is -1.94. The molecule has 1 aliphatic heterocycles. The van der Waals surface area contributed by atoms with E-state index in [0.717, 1.165) is 48.8 Å². The van der Waals surface area contributed by atoms with Crippen LogP contribution >= 0.6 is 12.2 Å². The molecule has 1 heterocycles. The van der Waals surface area contributed by atoms with Crippen LogP contribution in [-0.2, 0) is 6.42 Å². The number of nitrogens with zero attached hydrogens (tertiary/aromatic N) is 2. The van der Waals surface area contributed by atoms with Crippen LogP contribution in [0, 0.1) is 5.82 Å². The van der Waals surface area contributed by atoms with Crippen LogP contribution in [0.4, 0.5) is 10.1 Å². The zero-order chi connectivity index (χ0) is 16.2. The molecule has 0 amide bonds. The monoisotopic (exact) mass is 328 g/mol. The van der Waals surface area contributed by atoms with Gasteiger partial charge in [0, 0.05) is 37.4 Å². The van der Waals surface area contributed by atoms with E-state index < -0.39 is 0 Å². The first-order valence-electron chi connectivity index (χ1n) is 8.06. The van der Waals surface area contributed by atoms with Crippen molar-refractivity contribution in [3.63, 3.8) is 0 Å². The quantitative estimate of drug-likeness (QED) is 0.790. The zero-order valence-electron chi connectivity index (χ0n) is 13.3. The smallest absolute Gasteiger partial charge is 0.123 e. The molecule has 120 valence electrons. The zero-order valence-corrected chi connectivity index (χ0v) is 14.2. The number of hydrogen-bond acceptors (Lipinski definition) is 2. The number of hydrogen-bond donors (Lipinski definition) is 0. The maximum Gasteiger partial charge on any atom is 0.123 e. The van der Waals surface area contributed by atoms with Crippen molar-refractivity contribution in [2.24, 2.45) is 0 Å². The van der Waals surface area contributed by atoms with E-state index in [1.54, 1.807) is 0 Å².